The van der Waals surface area contributed by atoms with Crippen molar-refractivity contribution in [1.29, 1.82) is 5.41 Å². The molecule has 0 aromatic rings. The van der Waals surface area contributed by atoms with Gasteiger partial charge in [0.05, 0.1) is 5.92 Å². The molecule has 1 saturated carbocycles. The van der Waals surface area contributed by atoms with Gasteiger partial charge in [0.15, 0.2) is 5.96 Å². The van der Waals surface area contributed by atoms with Crippen LogP contribution in [0.1, 0.15) is 46.5 Å². The van der Waals surface area contributed by atoms with Crippen LogP contribution in [0.25, 0.3) is 0 Å². The SMILES string of the molecule is CCC(CC)C(NC(C)=O)C1CC(C(=O)O)CC1NC(=N)N. The van der Waals surface area contributed by atoms with Gasteiger partial charge < -0.3 is 21.5 Å². The molecule has 0 aromatic heterocycles. The Bertz CT molecular complexity index is 423. The van der Waals surface area contributed by atoms with Crippen LogP contribution < -0.4 is 16.4 Å². The average Bonchev–Trinajstić information content (AvgIpc) is 2.81. The first-order chi connectivity index (χ1) is 10.3. The number of nitrogens with one attached hydrogen (secondary N) is 3. The van der Waals surface area contributed by atoms with Gasteiger partial charge in [-0.15, -0.1) is 0 Å². The fourth-order valence-corrected chi connectivity index (χ4v) is 3.64. The van der Waals surface area contributed by atoms with Crippen molar-refractivity contribution in [2.75, 3.05) is 0 Å². The molecular weight excluding hydrogens is 284 g/mol. The molecule has 1 aliphatic rings. The van der Waals surface area contributed by atoms with Crippen molar-refractivity contribution >= 4 is 17.8 Å². The van der Waals surface area contributed by atoms with E-state index in [0.29, 0.717) is 12.8 Å². The summed E-state index contributed by atoms with van der Waals surface area (Å²) in [7, 11) is 0. The number of aliphatic carboxylic acids is 1. The maximum Gasteiger partial charge on any atom is 0.306 e. The van der Waals surface area contributed by atoms with Gasteiger partial charge in [0.2, 0.25) is 5.91 Å². The first-order valence-corrected chi connectivity index (χ1v) is 7.90. The highest BCUT2D eigenvalue weighted by molar-refractivity contribution is 5.76. The first kappa shape index (κ1) is 18.3. The molecule has 6 N–H and O–H groups in total. The Morgan fingerprint density at radius 3 is 2.32 bits per heavy atom. The Hall–Kier alpha value is -1.79. The van der Waals surface area contributed by atoms with Gasteiger partial charge in [-0.3, -0.25) is 15.0 Å². The van der Waals surface area contributed by atoms with E-state index in [9.17, 15) is 14.7 Å². The zero-order chi connectivity index (χ0) is 16.9. The van der Waals surface area contributed by atoms with Crippen LogP contribution in [-0.4, -0.2) is 35.0 Å². The third-order valence-corrected chi connectivity index (χ3v) is 4.69. The third-order valence-electron chi connectivity index (χ3n) is 4.69. The Balaban J connectivity index is 3.02. The van der Waals surface area contributed by atoms with E-state index in [0.717, 1.165) is 12.8 Å². The first-order valence-electron chi connectivity index (χ1n) is 7.90. The number of carboxylic acid groups (broad SMARTS) is 1. The highest BCUT2D eigenvalue weighted by Gasteiger charge is 2.44. The van der Waals surface area contributed by atoms with Crippen LogP contribution in [0.3, 0.4) is 0 Å². The number of amides is 1. The third kappa shape index (κ3) is 4.61. The molecule has 1 amide bonds. The van der Waals surface area contributed by atoms with Crippen LogP contribution in [0.15, 0.2) is 0 Å². The summed E-state index contributed by atoms with van der Waals surface area (Å²) in [6.45, 7) is 5.62. The Morgan fingerprint density at radius 1 is 1.32 bits per heavy atom. The molecule has 0 bridgehead atoms. The van der Waals surface area contributed by atoms with Gasteiger partial charge in [-0.05, 0) is 18.8 Å². The number of hydrogen-bond acceptors (Lipinski definition) is 3. The van der Waals surface area contributed by atoms with Crippen LogP contribution >= 0.6 is 0 Å². The minimum atomic E-state index is -0.830. The number of carbonyl (C=O) groups is 2. The molecule has 22 heavy (non-hydrogen) atoms. The molecule has 126 valence electrons. The number of guanidine groups is 1. The van der Waals surface area contributed by atoms with Gasteiger partial charge in [0.25, 0.3) is 0 Å². The van der Waals surface area contributed by atoms with E-state index in [1.807, 2.05) is 0 Å². The number of nitrogens with two attached hydrogens (primary N) is 1. The van der Waals surface area contributed by atoms with E-state index in [1.165, 1.54) is 6.92 Å². The molecule has 0 aliphatic heterocycles. The molecule has 1 fully saturated rings. The predicted molar refractivity (Wildman–Crippen MR) is 84.4 cm³/mol. The van der Waals surface area contributed by atoms with Crippen molar-refractivity contribution < 1.29 is 14.7 Å². The zero-order valence-electron chi connectivity index (χ0n) is 13.6. The van der Waals surface area contributed by atoms with E-state index in [-0.39, 0.29) is 35.8 Å². The van der Waals surface area contributed by atoms with Crippen LogP contribution in [0.4, 0.5) is 0 Å². The fourth-order valence-electron chi connectivity index (χ4n) is 3.64. The Labute approximate surface area is 131 Å². The summed E-state index contributed by atoms with van der Waals surface area (Å²) in [5.41, 5.74) is 5.44. The minimum absolute atomic E-state index is 0.0428. The summed E-state index contributed by atoms with van der Waals surface area (Å²) < 4.78 is 0. The monoisotopic (exact) mass is 312 g/mol. The predicted octanol–water partition coefficient (Wildman–Crippen LogP) is 0.890. The molecule has 0 spiro atoms. The summed E-state index contributed by atoms with van der Waals surface area (Å²) in [4.78, 5) is 22.9. The molecule has 0 saturated heterocycles. The number of carbonyl (C=O) groups excluding carboxylic acids is 1. The second-order valence-electron chi connectivity index (χ2n) is 6.14. The highest BCUT2D eigenvalue weighted by Crippen LogP contribution is 2.37. The smallest absolute Gasteiger partial charge is 0.306 e. The lowest BCUT2D eigenvalue weighted by Crippen LogP contribution is -2.51. The minimum Gasteiger partial charge on any atom is -0.481 e. The Kier molecular flexibility index (Phi) is 6.64. The summed E-state index contributed by atoms with van der Waals surface area (Å²) >= 11 is 0. The number of carboxylic acids is 1. The largest absolute Gasteiger partial charge is 0.481 e. The maximum atomic E-state index is 11.6. The van der Waals surface area contributed by atoms with Gasteiger partial charge in [-0.2, -0.15) is 0 Å². The van der Waals surface area contributed by atoms with Crippen LogP contribution in [0.2, 0.25) is 0 Å². The molecule has 4 atom stereocenters. The van der Waals surface area contributed by atoms with E-state index in [4.69, 9.17) is 11.1 Å². The van der Waals surface area contributed by atoms with Gasteiger partial charge in [0.1, 0.15) is 0 Å². The van der Waals surface area contributed by atoms with Gasteiger partial charge in [0, 0.05) is 24.9 Å². The van der Waals surface area contributed by atoms with Gasteiger partial charge in [-0.25, -0.2) is 0 Å². The average molecular weight is 312 g/mol. The molecular formula is C15H28N4O3. The lowest BCUT2D eigenvalue weighted by atomic mass is 9.81. The topological polar surface area (TPSA) is 128 Å². The molecule has 7 nitrogen and oxygen atoms in total. The quantitative estimate of drug-likeness (QED) is 0.352. The van der Waals surface area contributed by atoms with Crippen molar-refractivity contribution in [3.05, 3.63) is 0 Å². The second kappa shape index (κ2) is 8.00. The second-order valence-corrected chi connectivity index (χ2v) is 6.14. The highest BCUT2D eigenvalue weighted by atomic mass is 16.4. The lowest BCUT2D eigenvalue weighted by Gasteiger charge is -2.35. The van der Waals surface area contributed by atoms with Crippen molar-refractivity contribution in [1.82, 2.24) is 10.6 Å². The molecule has 7 heteroatoms. The van der Waals surface area contributed by atoms with Crippen molar-refractivity contribution in [2.24, 2.45) is 23.5 Å². The zero-order valence-corrected chi connectivity index (χ0v) is 13.6. The number of hydrogen-bond donors (Lipinski definition) is 5. The van der Waals surface area contributed by atoms with Gasteiger partial charge >= 0.3 is 5.97 Å². The standard InChI is InChI=1S/C15H28N4O3/c1-4-9(5-2)13(18-8(3)20)11-6-10(14(21)22)7-12(11)19-15(16)17/h9-13H,4-7H2,1-3H3,(H,18,20)(H,21,22)(H4,16,17,19). The van der Waals surface area contributed by atoms with Crippen molar-refractivity contribution in [3.8, 4) is 0 Å². The summed E-state index contributed by atoms with van der Waals surface area (Å²) in [6, 6.07) is -0.301. The molecule has 4 unspecified atom stereocenters. The van der Waals surface area contributed by atoms with E-state index in [2.05, 4.69) is 24.5 Å². The molecule has 0 heterocycles. The molecule has 0 aromatic carbocycles. The summed E-state index contributed by atoms with van der Waals surface area (Å²) in [5, 5.41) is 22.6. The molecule has 0 radical (unpaired) electrons. The van der Waals surface area contributed by atoms with E-state index in [1.54, 1.807) is 0 Å². The normalized spacial score (nSPS) is 25.7. The summed E-state index contributed by atoms with van der Waals surface area (Å²) in [5.74, 6) is -1.34. The van der Waals surface area contributed by atoms with Crippen LogP contribution in [-0.2, 0) is 9.59 Å². The molecule has 1 aliphatic carbocycles. The van der Waals surface area contributed by atoms with Gasteiger partial charge in [-0.1, -0.05) is 26.7 Å². The van der Waals surface area contributed by atoms with E-state index >= 15 is 0 Å². The van der Waals surface area contributed by atoms with E-state index < -0.39 is 11.9 Å². The fraction of sp³-hybridized carbons (Fsp3) is 0.800. The Morgan fingerprint density at radius 2 is 1.91 bits per heavy atom. The molecule has 1 rings (SSSR count). The van der Waals surface area contributed by atoms with Crippen molar-refractivity contribution in [2.45, 2.75) is 58.5 Å². The maximum absolute atomic E-state index is 11.6. The number of rotatable bonds is 7. The van der Waals surface area contributed by atoms with Crippen LogP contribution in [0.5, 0.6) is 0 Å². The van der Waals surface area contributed by atoms with Crippen molar-refractivity contribution in [3.63, 3.8) is 0 Å². The lowest BCUT2D eigenvalue weighted by molar-refractivity contribution is -0.141. The summed E-state index contributed by atoms with van der Waals surface area (Å²) in [6.07, 6.45) is 2.72. The van der Waals surface area contributed by atoms with Crippen LogP contribution in [0, 0.1) is 23.2 Å².